The molecule has 1 aromatic carbocycles. The summed E-state index contributed by atoms with van der Waals surface area (Å²) in [4.78, 5) is 28.2. The summed E-state index contributed by atoms with van der Waals surface area (Å²) in [6.45, 7) is 4.68. The number of halogens is 1. The van der Waals surface area contributed by atoms with E-state index < -0.39 is 5.91 Å². The number of hydrogen-bond donors (Lipinski definition) is 2. The number of anilines is 1. The zero-order chi connectivity index (χ0) is 19.6. The minimum Gasteiger partial charge on any atom is -0.497 e. The molecule has 9 heteroatoms. The Bertz CT molecular complexity index is 862. The van der Waals surface area contributed by atoms with Crippen molar-refractivity contribution in [3.8, 4) is 11.5 Å². The summed E-state index contributed by atoms with van der Waals surface area (Å²) in [5, 5.41) is 3.35. The van der Waals surface area contributed by atoms with Crippen molar-refractivity contribution < 1.29 is 19.1 Å². The lowest BCUT2D eigenvalue weighted by Gasteiger charge is -2.25. The Balaban J connectivity index is 0.00000280. The predicted octanol–water partition coefficient (Wildman–Crippen LogP) is 2.92. The number of fused-ring (bicyclic) bond motifs is 1. The summed E-state index contributed by atoms with van der Waals surface area (Å²) in [7, 11) is 3.04. The number of thiophene rings is 1. The molecule has 1 aliphatic heterocycles. The summed E-state index contributed by atoms with van der Waals surface area (Å²) in [5.41, 5.74) is 7.38. The van der Waals surface area contributed by atoms with Crippen LogP contribution in [0.3, 0.4) is 0 Å². The number of likely N-dealkylation sites (N-methyl/N-ethyl adjacent to an activating group) is 1. The highest BCUT2D eigenvalue weighted by molar-refractivity contribution is 7.17. The Kier molecular flexibility index (Phi) is 7.29. The molecule has 0 unspecified atom stereocenters. The lowest BCUT2D eigenvalue weighted by molar-refractivity contribution is 0.1000. The first-order chi connectivity index (χ1) is 13.0. The highest BCUT2D eigenvalue weighted by Crippen LogP contribution is 2.37. The molecule has 1 aromatic heterocycles. The van der Waals surface area contributed by atoms with Crippen LogP contribution in [0.1, 0.15) is 38.1 Å². The quantitative estimate of drug-likeness (QED) is 0.742. The number of carbonyl (C=O) groups is 2. The number of amides is 2. The van der Waals surface area contributed by atoms with E-state index >= 15 is 0 Å². The molecule has 0 fully saturated rings. The molecule has 2 heterocycles. The fraction of sp³-hybridized carbons (Fsp3) is 0.368. The van der Waals surface area contributed by atoms with Gasteiger partial charge in [-0.15, -0.1) is 23.7 Å². The summed E-state index contributed by atoms with van der Waals surface area (Å²) in [6, 6.07) is 4.93. The van der Waals surface area contributed by atoms with E-state index in [0.717, 1.165) is 36.5 Å². The fourth-order valence-corrected chi connectivity index (χ4v) is 4.48. The van der Waals surface area contributed by atoms with Crippen molar-refractivity contribution in [2.75, 3.05) is 32.6 Å². The van der Waals surface area contributed by atoms with Crippen LogP contribution in [0.25, 0.3) is 0 Å². The molecule has 0 saturated carbocycles. The summed E-state index contributed by atoms with van der Waals surface area (Å²) < 4.78 is 10.4. The van der Waals surface area contributed by atoms with Crippen molar-refractivity contribution in [2.45, 2.75) is 19.9 Å². The van der Waals surface area contributed by atoms with Gasteiger partial charge in [-0.2, -0.15) is 0 Å². The number of nitrogens with one attached hydrogen (secondary N) is 1. The number of nitrogens with zero attached hydrogens (tertiary/aromatic N) is 1. The topological polar surface area (TPSA) is 93.9 Å². The number of ether oxygens (including phenoxy) is 2. The smallest absolute Gasteiger partial charge is 0.256 e. The number of primary amides is 1. The van der Waals surface area contributed by atoms with Crippen LogP contribution >= 0.6 is 23.7 Å². The van der Waals surface area contributed by atoms with E-state index in [1.807, 2.05) is 0 Å². The summed E-state index contributed by atoms with van der Waals surface area (Å²) in [6.07, 6.45) is 0.751. The lowest BCUT2D eigenvalue weighted by Crippen LogP contribution is -2.30. The van der Waals surface area contributed by atoms with Crippen LogP contribution in [-0.4, -0.2) is 44.0 Å². The molecule has 0 saturated heterocycles. The molecule has 28 heavy (non-hydrogen) atoms. The van der Waals surface area contributed by atoms with Gasteiger partial charge < -0.3 is 20.5 Å². The molecular weight excluding hydrogens is 402 g/mol. The molecule has 0 spiro atoms. The molecule has 0 radical (unpaired) electrons. The zero-order valence-corrected chi connectivity index (χ0v) is 17.7. The third-order valence-corrected chi connectivity index (χ3v) is 5.80. The highest BCUT2D eigenvalue weighted by atomic mass is 35.5. The normalized spacial score (nSPS) is 13.2. The van der Waals surface area contributed by atoms with Crippen molar-refractivity contribution in [1.82, 2.24) is 4.90 Å². The maximum Gasteiger partial charge on any atom is 0.256 e. The Morgan fingerprint density at radius 3 is 2.39 bits per heavy atom. The maximum absolute atomic E-state index is 12.8. The SMILES string of the molecule is CCN1CCc2c(sc(NC(=O)c3cc(OC)cc(OC)c3)c2C(N)=O)C1.Cl. The number of rotatable bonds is 6. The van der Waals surface area contributed by atoms with Gasteiger partial charge in [-0.05, 0) is 30.7 Å². The highest BCUT2D eigenvalue weighted by Gasteiger charge is 2.27. The van der Waals surface area contributed by atoms with E-state index in [1.54, 1.807) is 18.2 Å². The van der Waals surface area contributed by atoms with Gasteiger partial charge >= 0.3 is 0 Å². The van der Waals surface area contributed by atoms with Crippen LogP contribution in [0, 0.1) is 0 Å². The van der Waals surface area contributed by atoms with Crippen LogP contribution in [0.5, 0.6) is 11.5 Å². The van der Waals surface area contributed by atoms with Gasteiger partial charge in [0.25, 0.3) is 11.8 Å². The van der Waals surface area contributed by atoms with Crippen molar-refractivity contribution in [3.05, 3.63) is 39.8 Å². The van der Waals surface area contributed by atoms with Gasteiger partial charge in [-0.3, -0.25) is 14.5 Å². The third-order valence-electron chi connectivity index (χ3n) is 4.67. The van der Waals surface area contributed by atoms with Crippen molar-refractivity contribution in [2.24, 2.45) is 5.73 Å². The number of benzene rings is 1. The lowest BCUT2D eigenvalue weighted by atomic mass is 10.0. The Morgan fingerprint density at radius 2 is 1.86 bits per heavy atom. The predicted molar refractivity (Wildman–Crippen MR) is 112 cm³/mol. The maximum atomic E-state index is 12.8. The van der Waals surface area contributed by atoms with Crippen molar-refractivity contribution in [1.29, 1.82) is 0 Å². The molecule has 0 aliphatic carbocycles. The largest absolute Gasteiger partial charge is 0.497 e. The molecule has 2 amide bonds. The number of hydrogen-bond acceptors (Lipinski definition) is 6. The van der Waals surface area contributed by atoms with Gasteiger partial charge in [0.1, 0.15) is 16.5 Å². The van der Waals surface area contributed by atoms with Crippen LogP contribution in [0.2, 0.25) is 0 Å². The average Bonchev–Trinajstić information content (AvgIpc) is 3.04. The molecule has 3 rings (SSSR count). The van der Waals surface area contributed by atoms with E-state index in [2.05, 4.69) is 17.1 Å². The first kappa shape index (κ1) is 22.0. The molecule has 7 nitrogen and oxygen atoms in total. The van der Waals surface area contributed by atoms with Gasteiger partial charge in [-0.25, -0.2) is 0 Å². The molecule has 0 bridgehead atoms. The van der Waals surface area contributed by atoms with E-state index in [4.69, 9.17) is 15.2 Å². The number of methoxy groups -OCH3 is 2. The summed E-state index contributed by atoms with van der Waals surface area (Å²) >= 11 is 1.42. The summed E-state index contributed by atoms with van der Waals surface area (Å²) in [5.74, 6) is 0.161. The van der Waals surface area contributed by atoms with Crippen LogP contribution in [0.4, 0.5) is 5.00 Å². The first-order valence-corrected chi connectivity index (χ1v) is 9.49. The molecule has 0 atom stereocenters. The Labute approximate surface area is 174 Å². The molecular formula is C19H24ClN3O4S. The average molecular weight is 426 g/mol. The monoisotopic (exact) mass is 425 g/mol. The van der Waals surface area contributed by atoms with Crippen molar-refractivity contribution in [3.63, 3.8) is 0 Å². The second kappa shape index (κ2) is 9.27. The van der Waals surface area contributed by atoms with Gasteiger partial charge in [0.2, 0.25) is 0 Å². The standard InChI is InChI=1S/C19H23N3O4S.ClH/c1-4-22-6-5-14-15(10-22)27-19(16(14)17(20)23)21-18(24)11-7-12(25-2)9-13(8-11)26-3;/h7-9H,4-6,10H2,1-3H3,(H2,20,23)(H,21,24);1H. The van der Waals surface area contributed by atoms with Gasteiger partial charge in [0.15, 0.2) is 0 Å². The third kappa shape index (κ3) is 4.40. The van der Waals surface area contributed by atoms with Gasteiger partial charge in [-0.1, -0.05) is 6.92 Å². The van der Waals surface area contributed by atoms with Crippen LogP contribution < -0.4 is 20.5 Å². The van der Waals surface area contributed by atoms with Crippen LogP contribution in [0.15, 0.2) is 18.2 Å². The zero-order valence-electron chi connectivity index (χ0n) is 16.0. The van der Waals surface area contributed by atoms with E-state index in [0.29, 0.717) is 27.6 Å². The second-order valence-corrected chi connectivity index (χ2v) is 7.35. The van der Waals surface area contributed by atoms with Crippen molar-refractivity contribution >= 4 is 40.6 Å². The Morgan fingerprint density at radius 1 is 1.21 bits per heavy atom. The van der Waals surface area contributed by atoms with Gasteiger partial charge in [0, 0.05) is 29.6 Å². The fourth-order valence-electron chi connectivity index (χ4n) is 3.19. The van der Waals surface area contributed by atoms with Gasteiger partial charge in [0.05, 0.1) is 19.8 Å². The van der Waals surface area contributed by atoms with E-state index in [1.165, 1.54) is 25.6 Å². The molecule has 3 N–H and O–H groups in total. The molecule has 152 valence electrons. The molecule has 1 aliphatic rings. The van der Waals surface area contributed by atoms with E-state index in [-0.39, 0.29) is 18.3 Å². The number of nitrogens with two attached hydrogens (primary N) is 1. The first-order valence-electron chi connectivity index (χ1n) is 8.67. The molecule has 2 aromatic rings. The van der Waals surface area contributed by atoms with E-state index in [9.17, 15) is 9.59 Å². The van der Waals surface area contributed by atoms with Crippen LogP contribution in [-0.2, 0) is 13.0 Å². The number of carbonyl (C=O) groups excluding carboxylic acids is 2. The minimum absolute atomic E-state index is 0. The Hall–Kier alpha value is -2.29. The minimum atomic E-state index is -0.518. The second-order valence-electron chi connectivity index (χ2n) is 6.25.